The summed E-state index contributed by atoms with van der Waals surface area (Å²) in [5, 5.41) is 0.675. The minimum Gasteiger partial charge on any atom is -0.482 e. The van der Waals surface area contributed by atoms with Crippen molar-refractivity contribution in [1.82, 2.24) is 9.55 Å². The Morgan fingerprint density at radius 2 is 2.06 bits per heavy atom. The Hall–Kier alpha value is -3.00. The summed E-state index contributed by atoms with van der Waals surface area (Å²) in [6, 6.07) is 5.09. The highest BCUT2D eigenvalue weighted by atomic mass is 32.1. The summed E-state index contributed by atoms with van der Waals surface area (Å²) in [6.45, 7) is 2.48. The molecule has 0 fully saturated rings. The van der Waals surface area contributed by atoms with Crippen LogP contribution < -0.4 is 15.2 Å². The summed E-state index contributed by atoms with van der Waals surface area (Å²) in [5.41, 5.74) is 2.02. The number of carbonyl (C=O) groups is 2. The number of amides is 1. The smallest absolute Gasteiger partial charge is 0.265 e. The first-order valence-corrected chi connectivity index (χ1v) is 11.5. The second-order valence-corrected chi connectivity index (χ2v) is 9.09. The molecule has 0 radical (unpaired) electrons. The molecule has 3 aromatic rings. The Kier molecular flexibility index (Phi) is 5.09. The van der Waals surface area contributed by atoms with Gasteiger partial charge in [0, 0.05) is 17.0 Å². The number of hydrogen-bond acceptors (Lipinski definition) is 6. The van der Waals surface area contributed by atoms with Gasteiger partial charge in [-0.1, -0.05) is 6.92 Å². The van der Waals surface area contributed by atoms with E-state index in [0.29, 0.717) is 28.9 Å². The van der Waals surface area contributed by atoms with Crippen molar-refractivity contribution < 1.29 is 14.3 Å². The number of Topliss-reactive ketones (excluding diaryl/α,β-unsaturated/α-hetero) is 1. The van der Waals surface area contributed by atoms with E-state index in [1.807, 2.05) is 6.92 Å². The molecular weight excluding hydrogens is 414 g/mol. The van der Waals surface area contributed by atoms with Crippen molar-refractivity contribution in [1.29, 1.82) is 0 Å². The minimum absolute atomic E-state index is 0.00628. The second-order valence-electron chi connectivity index (χ2n) is 8.01. The lowest BCUT2D eigenvalue weighted by Crippen LogP contribution is -2.39. The third-order valence-electron chi connectivity index (χ3n) is 5.93. The Morgan fingerprint density at radius 3 is 2.90 bits per heavy atom. The minimum atomic E-state index is -0.204. The Morgan fingerprint density at radius 1 is 1.23 bits per heavy atom. The van der Waals surface area contributed by atoms with Gasteiger partial charge >= 0.3 is 0 Å². The van der Waals surface area contributed by atoms with E-state index < -0.39 is 0 Å². The quantitative estimate of drug-likeness (QED) is 0.572. The van der Waals surface area contributed by atoms with Crippen molar-refractivity contribution in [3.8, 4) is 5.75 Å². The van der Waals surface area contributed by atoms with E-state index in [0.717, 1.165) is 42.5 Å². The molecule has 2 aliphatic rings. The summed E-state index contributed by atoms with van der Waals surface area (Å²) < 4.78 is 6.91. The molecule has 160 valence electrons. The first kappa shape index (κ1) is 19.9. The number of carbonyl (C=O) groups excluding carboxylic acids is 2. The van der Waals surface area contributed by atoms with Gasteiger partial charge in [0.15, 0.2) is 12.4 Å². The van der Waals surface area contributed by atoms with Crippen LogP contribution in [-0.2, 0) is 24.2 Å². The fourth-order valence-electron chi connectivity index (χ4n) is 4.38. The van der Waals surface area contributed by atoms with Gasteiger partial charge < -0.3 is 9.64 Å². The standard InChI is InChI=1S/C23H23N3O4S/c1-2-9-26-16-10-14(7-8-18(16)30-12-20(26)28)17(27)11-25-13-24-22-21(23(25)29)15-5-3-4-6-19(15)31-22/h7-8,10,13H,2-6,9,11-12H2,1H3. The number of ether oxygens (including phenoxy) is 1. The summed E-state index contributed by atoms with van der Waals surface area (Å²) in [6.07, 6.45) is 6.39. The Bertz CT molecular complexity index is 1260. The zero-order chi connectivity index (χ0) is 21.5. The third kappa shape index (κ3) is 3.44. The number of benzene rings is 1. The molecule has 1 aromatic carbocycles. The van der Waals surface area contributed by atoms with Crippen LogP contribution >= 0.6 is 11.3 Å². The van der Waals surface area contributed by atoms with Crippen LogP contribution in [0.5, 0.6) is 5.75 Å². The van der Waals surface area contributed by atoms with E-state index in [1.54, 1.807) is 34.4 Å². The Labute approximate surface area is 183 Å². The molecule has 31 heavy (non-hydrogen) atoms. The third-order valence-corrected chi connectivity index (χ3v) is 7.13. The molecule has 8 heteroatoms. The molecule has 7 nitrogen and oxygen atoms in total. The normalized spacial score (nSPS) is 15.5. The molecule has 1 aliphatic heterocycles. The van der Waals surface area contributed by atoms with Crippen LogP contribution in [-0.4, -0.2) is 34.4 Å². The van der Waals surface area contributed by atoms with Gasteiger partial charge in [0.05, 0.1) is 23.9 Å². The van der Waals surface area contributed by atoms with Gasteiger partial charge in [-0.3, -0.25) is 19.0 Å². The maximum Gasteiger partial charge on any atom is 0.265 e. The highest BCUT2D eigenvalue weighted by molar-refractivity contribution is 7.18. The van der Waals surface area contributed by atoms with Gasteiger partial charge in [-0.2, -0.15) is 0 Å². The van der Waals surface area contributed by atoms with E-state index >= 15 is 0 Å². The van der Waals surface area contributed by atoms with Crippen molar-refractivity contribution in [2.45, 2.75) is 45.6 Å². The van der Waals surface area contributed by atoms with Crippen LogP contribution in [0.15, 0.2) is 29.3 Å². The van der Waals surface area contributed by atoms with Crippen LogP contribution in [0.1, 0.15) is 47.0 Å². The second kappa shape index (κ2) is 7.92. The van der Waals surface area contributed by atoms with E-state index in [2.05, 4.69) is 4.98 Å². The van der Waals surface area contributed by atoms with Gasteiger partial charge in [0.1, 0.15) is 10.6 Å². The van der Waals surface area contributed by atoms with E-state index in [9.17, 15) is 14.4 Å². The SMILES string of the molecule is CCCN1C(=O)COc2ccc(C(=O)Cn3cnc4sc5c(c4c3=O)CCCC5)cc21. The lowest BCUT2D eigenvalue weighted by atomic mass is 9.97. The molecule has 5 rings (SSSR count). The van der Waals surface area contributed by atoms with Crippen molar-refractivity contribution in [2.75, 3.05) is 18.1 Å². The zero-order valence-corrected chi connectivity index (χ0v) is 18.2. The van der Waals surface area contributed by atoms with E-state index in [1.165, 1.54) is 15.8 Å². The van der Waals surface area contributed by atoms with Gasteiger partial charge in [0.2, 0.25) is 0 Å². The van der Waals surface area contributed by atoms with Gasteiger partial charge in [0.25, 0.3) is 11.5 Å². The van der Waals surface area contributed by atoms with Crippen LogP contribution in [0, 0.1) is 0 Å². The molecule has 0 N–H and O–H groups in total. The zero-order valence-electron chi connectivity index (χ0n) is 17.3. The summed E-state index contributed by atoms with van der Waals surface area (Å²) in [5.74, 6) is 0.270. The molecule has 1 amide bonds. The van der Waals surface area contributed by atoms with Gasteiger partial charge in [-0.05, 0) is 55.9 Å². The fourth-order valence-corrected chi connectivity index (χ4v) is 5.60. The number of nitrogens with zero attached hydrogens (tertiary/aromatic N) is 3. The Balaban J connectivity index is 1.47. The molecule has 0 atom stereocenters. The van der Waals surface area contributed by atoms with Crippen LogP contribution in [0.3, 0.4) is 0 Å². The molecular formula is C23H23N3O4S. The highest BCUT2D eigenvalue weighted by Crippen LogP contribution is 2.34. The topological polar surface area (TPSA) is 81.5 Å². The number of anilines is 1. The van der Waals surface area contributed by atoms with Crippen LogP contribution in [0.25, 0.3) is 10.2 Å². The lowest BCUT2D eigenvalue weighted by Gasteiger charge is -2.29. The average Bonchev–Trinajstić information content (AvgIpc) is 3.16. The largest absolute Gasteiger partial charge is 0.482 e. The van der Waals surface area contributed by atoms with Gasteiger partial charge in [-0.25, -0.2) is 4.98 Å². The lowest BCUT2D eigenvalue weighted by molar-refractivity contribution is -0.121. The highest BCUT2D eigenvalue weighted by Gasteiger charge is 2.26. The number of ketones is 1. The van der Waals surface area contributed by atoms with Crippen molar-refractivity contribution in [3.63, 3.8) is 0 Å². The van der Waals surface area contributed by atoms with E-state index in [4.69, 9.17) is 4.74 Å². The number of aryl methyl sites for hydroxylation is 2. The molecule has 0 saturated heterocycles. The number of rotatable bonds is 5. The number of thiophene rings is 1. The van der Waals surface area contributed by atoms with E-state index in [-0.39, 0.29) is 30.4 Å². The van der Waals surface area contributed by atoms with Crippen LogP contribution in [0.2, 0.25) is 0 Å². The van der Waals surface area contributed by atoms with Crippen molar-refractivity contribution in [2.24, 2.45) is 0 Å². The predicted molar refractivity (Wildman–Crippen MR) is 119 cm³/mol. The average molecular weight is 438 g/mol. The predicted octanol–water partition coefficient (Wildman–Crippen LogP) is 3.36. The summed E-state index contributed by atoms with van der Waals surface area (Å²) in [7, 11) is 0. The maximum absolute atomic E-state index is 13.1. The summed E-state index contributed by atoms with van der Waals surface area (Å²) in [4.78, 5) is 46.6. The molecule has 0 bridgehead atoms. The number of fused-ring (bicyclic) bond motifs is 4. The molecule has 1 aliphatic carbocycles. The van der Waals surface area contributed by atoms with Crippen molar-refractivity contribution in [3.05, 3.63) is 50.9 Å². The number of aromatic nitrogens is 2. The maximum atomic E-state index is 13.1. The molecule has 0 spiro atoms. The molecule has 0 unspecified atom stereocenters. The number of hydrogen-bond donors (Lipinski definition) is 0. The first-order chi connectivity index (χ1) is 15.1. The molecule has 3 heterocycles. The van der Waals surface area contributed by atoms with Crippen LogP contribution in [0.4, 0.5) is 5.69 Å². The van der Waals surface area contributed by atoms with Gasteiger partial charge in [-0.15, -0.1) is 11.3 Å². The first-order valence-electron chi connectivity index (χ1n) is 10.7. The van der Waals surface area contributed by atoms with Crippen molar-refractivity contribution >= 4 is 38.9 Å². The monoisotopic (exact) mass is 437 g/mol. The summed E-state index contributed by atoms with van der Waals surface area (Å²) >= 11 is 1.60. The molecule has 0 saturated carbocycles. The molecule has 2 aromatic heterocycles. The fraction of sp³-hybridized carbons (Fsp3) is 0.391.